The lowest BCUT2D eigenvalue weighted by atomic mass is 10.2. The van der Waals surface area contributed by atoms with E-state index in [0.29, 0.717) is 17.4 Å². The van der Waals surface area contributed by atoms with Crippen LogP contribution in [-0.2, 0) is 0 Å². The van der Waals surface area contributed by atoms with Crippen molar-refractivity contribution in [2.75, 3.05) is 5.73 Å². The van der Waals surface area contributed by atoms with Gasteiger partial charge in [0.15, 0.2) is 5.69 Å². The maximum atomic E-state index is 5.61. The number of aromatic nitrogens is 5. The van der Waals surface area contributed by atoms with Crippen LogP contribution < -0.4 is 5.73 Å². The Balaban J connectivity index is 1.78. The first-order chi connectivity index (χ1) is 9.31. The molecule has 0 saturated heterocycles. The van der Waals surface area contributed by atoms with Gasteiger partial charge in [-0.2, -0.15) is 20.4 Å². The summed E-state index contributed by atoms with van der Waals surface area (Å²) in [6.07, 6.45) is 5.11. The van der Waals surface area contributed by atoms with Gasteiger partial charge in [-0.3, -0.25) is 0 Å². The summed E-state index contributed by atoms with van der Waals surface area (Å²) >= 11 is 0. The number of benzene rings is 1. The zero-order valence-electron chi connectivity index (χ0n) is 9.82. The maximum absolute atomic E-state index is 5.61. The van der Waals surface area contributed by atoms with Crippen LogP contribution in [0.3, 0.4) is 0 Å². The molecular weight excluding hydrogens is 244 g/mol. The molecule has 3 N–H and O–H groups in total. The van der Waals surface area contributed by atoms with Gasteiger partial charge in [0.25, 0.3) is 5.89 Å². The van der Waals surface area contributed by atoms with Gasteiger partial charge >= 0.3 is 0 Å². The fourth-order valence-corrected chi connectivity index (χ4v) is 1.49. The SMILES string of the molecule is Nc1ccc(/C=C/c2nc(-c3cn[nH]n3)no2)cc1. The molecule has 0 atom stereocenters. The summed E-state index contributed by atoms with van der Waals surface area (Å²) in [5.41, 5.74) is 7.87. The summed E-state index contributed by atoms with van der Waals surface area (Å²) in [5, 5.41) is 13.8. The van der Waals surface area contributed by atoms with Crippen LogP contribution in [0.25, 0.3) is 23.7 Å². The number of rotatable bonds is 3. The highest BCUT2D eigenvalue weighted by atomic mass is 16.5. The van der Waals surface area contributed by atoms with E-state index in [-0.39, 0.29) is 0 Å². The Bertz CT molecular complexity index is 683. The molecule has 3 rings (SSSR count). The van der Waals surface area contributed by atoms with Crippen molar-refractivity contribution in [2.45, 2.75) is 0 Å². The van der Waals surface area contributed by atoms with Crippen molar-refractivity contribution in [3.05, 3.63) is 41.9 Å². The summed E-state index contributed by atoms with van der Waals surface area (Å²) in [5.74, 6) is 0.792. The van der Waals surface area contributed by atoms with Crippen LogP contribution in [0.1, 0.15) is 11.5 Å². The van der Waals surface area contributed by atoms with Gasteiger partial charge in [-0.25, -0.2) is 0 Å². The van der Waals surface area contributed by atoms with E-state index in [1.807, 2.05) is 30.3 Å². The van der Waals surface area contributed by atoms with E-state index >= 15 is 0 Å². The Morgan fingerprint density at radius 1 is 1.16 bits per heavy atom. The smallest absolute Gasteiger partial charge is 0.251 e. The van der Waals surface area contributed by atoms with Crippen molar-refractivity contribution in [1.82, 2.24) is 25.6 Å². The highest BCUT2D eigenvalue weighted by Gasteiger charge is 2.08. The summed E-state index contributed by atoms with van der Waals surface area (Å²) in [6.45, 7) is 0. The summed E-state index contributed by atoms with van der Waals surface area (Å²) in [7, 11) is 0. The number of nitrogens with zero attached hydrogens (tertiary/aromatic N) is 4. The minimum atomic E-state index is 0.394. The minimum absolute atomic E-state index is 0.394. The van der Waals surface area contributed by atoms with Crippen LogP contribution >= 0.6 is 0 Å². The van der Waals surface area contributed by atoms with E-state index in [4.69, 9.17) is 10.3 Å². The molecule has 7 nitrogen and oxygen atoms in total. The lowest BCUT2D eigenvalue weighted by Gasteiger charge is -1.93. The zero-order valence-corrected chi connectivity index (χ0v) is 9.82. The molecule has 0 bridgehead atoms. The van der Waals surface area contributed by atoms with Crippen molar-refractivity contribution in [1.29, 1.82) is 0 Å². The minimum Gasteiger partial charge on any atom is -0.399 e. The highest BCUT2D eigenvalue weighted by Crippen LogP contribution is 2.13. The number of aromatic amines is 1. The van der Waals surface area contributed by atoms with Crippen LogP contribution in [0, 0.1) is 0 Å². The molecule has 0 fully saturated rings. The second-order valence-electron chi connectivity index (χ2n) is 3.81. The van der Waals surface area contributed by atoms with Crippen molar-refractivity contribution < 1.29 is 4.52 Å². The molecular formula is C12H10N6O. The number of nitrogen functional groups attached to an aromatic ring is 1. The van der Waals surface area contributed by atoms with Gasteiger partial charge in [0.2, 0.25) is 5.82 Å². The predicted molar refractivity (Wildman–Crippen MR) is 69.5 cm³/mol. The van der Waals surface area contributed by atoms with Crippen LogP contribution in [0.2, 0.25) is 0 Å². The highest BCUT2D eigenvalue weighted by molar-refractivity contribution is 5.67. The van der Waals surface area contributed by atoms with Gasteiger partial charge in [0.1, 0.15) is 0 Å². The average molecular weight is 254 g/mol. The molecule has 94 valence electrons. The lowest BCUT2D eigenvalue weighted by Crippen LogP contribution is -1.82. The number of nitrogens with two attached hydrogens (primary N) is 1. The number of hydrogen-bond donors (Lipinski definition) is 2. The molecule has 0 spiro atoms. The molecule has 1 aromatic carbocycles. The third kappa shape index (κ3) is 2.49. The monoisotopic (exact) mass is 254 g/mol. The quantitative estimate of drug-likeness (QED) is 0.687. The Kier molecular flexibility index (Phi) is 2.77. The van der Waals surface area contributed by atoms with Gasteiger partial charge in [0, 0.05) is 11.8 Å². The largest absolute Gasteiger partial charge is 0.399 e. The number of hydrogen-bond acceptors (Lipinski definition) is 6. The van der Waals surface area contributed by atoms with E-state index in [9.17, 15) is 0 Å². The molecule has 0 unspecified atom stereocenters. The molecule has 0 saturated carbocycles. The first kappa shape index (κ1) is 11.1. The first-order valence-electron chi connectivity index (χ1n) is 5.55. The molecule has 2 aromatic heterocycles. The molecule has 0 amide bonds. The van der Waals surface area contributed by atoms with Crippen LogP contribution in [0.15, 0.2) is 35.0 Å². The van der Waals surface area contributed by atoms with E-state index in [2.05, 4.69) is 25.6 Å². The van der Waals surface area contributed by atoms with Crippen LogP contribution in [0.5, 0.6) is 0 Å². The molecule has 3 aromatic rings. The van der Waals surface area contributed by atoms with Gasteiger partial charge < -0.3 is 10.3 Å². The second kappa shape index (κ2) is 4.73. The molecule has 0 aliphatic rings. The fourth-order valence-electron chi connectivity index (χ4n) is 1.49. The standard InChI is InChI=1S/C12H10N6O/c13-9-4-1-8(2-5-9)3-6-11-15-12(17-19-11)10-7-14-18-16-10/h1-7H,13H2,(H,14,16,18)/b6-3+. The van der Waals surface area contributed by atoms with Gasteiger partial charge in [-0.15, -0.1) is 0 Å². The molecule has 7 heteroatoms. The molecule has 0 aliphatic carbocycles. The van der Waals surface area contributed by atoms with E-state index in [1.165, 1.54) is 6.20 Å². The molecule has 0 aliphatic heterocycles. The number of nitrogens with one attached hydrogen (secondary N) is 1. The third-order valence-corrected chi connectivity index (χ3v) is 2.44. The van der Waals surface area contributed by atoms with E-state index in [1.54, 1.807) is 6.08 Å². The van der Waals surface area contributed by atoms with Gasteiger partial charge in [0.05, 0.1) is 6.20 Å². The van der Waals surface area contributed by atoms with E-state index < -0.39 is 0 Å². The lowest BCUT2D eigenvalue weighted by molar-refractivity contribution is 0.411. The zero-order chi connectivity index (χ0) is 13.1. The normalized spacial score (nSPS) is 11.2. The summed E-state index contributed by atoms with van der Waals surface area (Å²) < 4.78 is 5.08. The fraction of sp³-hybridized carbons (Fsp3) is 0. The maximum Gasteiger partial charge on any atom is 0.251 e. The summed E-state index contributed by atoms with van der Waals surface area (Å²) in [4.78, 5) is 4.17. The second-order valence-corrected chi connectivity index (χ2v) is 3.81. The van der Waals surface area contributed by atoms with Crippen LogP contribution in [0.4, 0.5) is 5.69 Å². The van der Waals surface area contributed by atoms with Crippen LogP contribution in [-0.4, -0.2) is 25.6 Å². The molecule has 19 heavy (non-hydrogen) atoms. The Labute approximate surface area is 108 Å². The van der Waals surface area contributed by atoms with Gasteiger partial charge in [-0.05, 0) is 23.8 Å². The average Bonchev–Trinajstić information content (AvgIpc) is 3.09. The van der Waals surface area contributed by atoms with Gasteiger partial charge in [-0.1, -0.05) is 17.3 Å². The molecule has 2 heterocycles. The van der Waals surface area contributed by atoms with Crippen molar-refractivity contribution in [3.8, 4) is 11.5 Å². The molecule has 0 radical (unpaired) electrons. The van der Waals surface area contributed by atoms with Crippen molar-refractivity contribution in [2.24, 2.45) is 0 Å². The van der Waals surface area contributed by atoms with Crippen molar-refractivity contribution in [3.63, 3.8) is 0 Å². The third-order valence-electron chi connectivity index (χ3n) is 2.44. The Morgan fingerprint density at radius 3 is 2.74 bits per heavy atom. The predicted octanol–water partition coefficient (Wildman–Crippen LogP) is 1.61. The Hall–Kier alpha value is -2.96. The Morgan fingerprint density at radius 2 is 2.00 bits per heavy atom. The summed E-state index contributed by atoms with van der Waals surface area (Å²) in [6, 6.07) is 7.46. The van der Waals surface area contributed by atoms with E-state index in [0.717, 1.165) is 11.3 Å². The first-order valence-corrected chi connectivity index (χ1v) is 5.55. The number of H-pyrrole nitrogens is 1. The van der Waals surface area contributed by atoms with Crippen molar-refractivity contribution >= 4 is 17.8 Å². The number of anilines is 1. The topological polar surface area (TPSA) is 107 Å².